The Morgan fingerprint density at radius 1 is 0.833 bits per heavy atom. The first-order valence-electron chi connectivity index (χ1n) is 11.7. The van der Waals surface area contributed by atoms with Crippen LogP contribution in [0.2, 0.25) is 0 Å². The molecule has 9 atom stereocenters. The molecule has 0 bridgehead atoms. The fourth-order valence-corrected chi connectivity index (χ4v) is 4.24. The maximum Gasteiger partial charge on any atom is 0.280 e. The summed E-state index contributed by atoms with van der Waals surface area (Å²) in [5.41, 5.74) is 0. The van der Waals surface area contributed by atoms with Crippen LogP contribution in [-0.2, 0) is 52.1 Å². The molecule has 13 heteroatoms. The summed E-state index contributed by atoms with van der Waals surface area (Å²) in [6.07, 6.45) is -3.43. The molecular formula is C23H40O13. The van der Waals surface area contributed by atoms with E-state index in [4.69, 9.17) is 47.7 Å². The SMILES string of the molecule is C=C(OC)OC.CC1(C)OC2O[C@H](CO)[C@H](O)[C@H]2O1.COC1(C)OC[C@H]2OC3OC(C)(C)O[C@@H]3[C@H]2O1. The Bertz CT molecular complexity index is 740. The number of ether oxygens (including phenoxy) is 11. The highest BCUT2D eigenvalue weighted by Crippen LogP contribution is 2.42. The predicted octanol–water partition coefficient (Wildman–Crippen LogP) is 0.565. The fraction of sp³-hybridized carbons (Fsp3) is 0.913. The average molecular weight is 525 g/mol. The van der Waals surface area contributed by atoms with Gasteiger partial charge in [-0.25, -0.2) is 0 Å². The number of methoxy groups -OCH3 is 3. The number of aliphatic hydroxyl groups is 2. The lowest BCUT2D eigenvalue weighted by molar-refractivity contribution is -0.416. The van der Waals surface area contributed by atoms with Crippen LogP contribution in [0.25, 0.3) is 0 Å². The zero-order chi connectivity index (χ0) is 26.9. The quantitative estimate of drug-likeness (QED) is 0.495. The van der Waals surface area contributed by atoms with E-state index < -0.39 is 42.1 Å². The molecule has 0 aliphatic carbocycles. The molecule has 5 aliphatic rings. The van der Waals surface area contributed by atoms with Crippen molar-refractivity contribution in [3.8, 4) is 0 Å². The second kappa shape index (κ2) is 11.3. The molecule has 5 fully saturated rings. The van der Waals surface area contributed by atoms with E-state index in [1.165, 1.54) is 14.2 Å². The second-order valence-corrected chi connectivity index (χ2v) is 9.70. The summed E-state index contributed by atoms with van der Waals surface area (Å²) >= 11 is 0. The standard InChI is InChI=1S/C11H18O6.C8H14O5.C4H8O2/c1-10(2)15-8-7-6(14-9(8)17-10)5-13-11(3,12-4)16-7;1-8(2)12-6-5(10)4(3-9)11-7(6)13-8;1-4(5-2)6-3/h6-9H,5H2,1-4H3;4-7,9-10H,3H2,1-2H3;1H2,2-3H3/t6-,7+,8-,9?,11?;4-,5+,6-,7?;/m11./s1. The summed E-state index contributed by atoms with van der Waals surface area (Å²) in [4.78, 5) is 0. The van der Waals surface area contributed by atoms with Crippen molar-refractivity contribution in [2.24, 2.45) is 0 Å². The van der Waals surface area contributed by atoms with Crippen LogP contribution in [0.15, 0.2) is 12.5 Å². The van der Waals surface area contributed by atoms with Gasteiger partial charge in [-0.05, 0) is 34.3 Å². The molecule has 0 amide bonds. The number of hydrogen-bond acceptors (Lipinski definition) is 13. The van der Waals surface area contributed by atoms with Gasteiger partial charge in [0, 0.05) is 14.0 Å². The largest absolute Gasteiger partial charge is 0.469 e. The van der Waals surface area contributed by atoms with Gasteiger partial charge in [-0.2, -0.15) is 0 Å². The molecule has 0 spiro atoms. The first-order valence-corrected chi connectivity index (χ1v) is 11.7. The Hall–Kier alpha value is -1.10. The highest BCUT2D eigenvalue weighted by molar-refractivity contribution is 4.96. The summed E-state index contributed by atoms with van der Waals surface area (Å²) < 4.78 is 58.6. The lowest BCUT2D eigenvalue weighted by Crippen LogP contribution is -2.53. The Morgan fingerprint density at radius 2 is 1.39 bits per heavy atom. The predicted molar refractivity (Wildman–Crippen MR) is 120 cm³/mol. The number of rotatable bonds is 4. The minimum atomic E-state index is -1.03. The van der Waals surface area contributed by atoms with Crippen LogP contribution in [-0.4, -0.2) is 112 Å². The van der Waals surface area contributed by atoms with Gasteiger partial charge < -0.3 is 62.3 Å². The van der Waals surface area contributed by atoms with Gasteiger partial charge in [0.2, 0.25) is 0 Å². The lowest BCUT2D eigenvalue weighted by atomic mass is 10.1. The van der Waals surface area contributed by atoms with Crippen LogP contribution in [0.1, 0.15) is 34.6 Å². The molecule has 5 heterocycles. The number of aliphatic hydroxyl groups excluding tert-OH is 2. The Labute approximate surface area is 211 Å². The van der Waals surface area contributed by atoms with E-state index in [1.54, 1.807) is 27.9 Å². The van der Waals surface area contributed by atoms with E-state index in [0.717, 1.165) is 0 Å². The first-order chi connectivity index (χ1) is 16.8. The van der Waals surface area contributed by atoms with E-state index >= 15 is 0 Å². The van der Waals surface area contributed by atoms with Gasteiger partial charge in [0.25, 0.3) is 11.9 Å². The third kappa shape index (κ3) is 6.66. The van der Waals surface area contributed by atoms with Crippen molar-refractivity contribution in [3.05, 3.63) is 12.5 Å². The van der Waals surface area contributed by atoms with E-state index in [9.17, 15) is 5.11 Å². The van der Waals surface area contributed by atoms with Crippen LogP contribution in [0, 0.1) is 0 Å². The maximum atomic E-state index is 9.60. The Morgan fingerprint density at radius 3 is 1.86 bits per heavy atom. The third-order valence-electron chi connectivity index (χ3n) is 6.07. The van der Waals surface area contributed by atoms with Crippen LogP contribution in [0.3, 0.4) is 0 Å². The zero-order valence-corrected chi connectivity index (χ0v) is 22.1. The minimum Gasteiger partial charge on any atom is -0.469 e. The van der Waals surface area contributed by atoms with Gasteiger partial charge in [0.1, 0.15) is 36.6 Å². The zero-order valence-electron chi connectivity index (χ0n) is 22.1. The molecule has 0 aromatic carbocycles. The van der Waals surface area contributed by atoms with Gasteiger partial charge >= 0.3 is 0 Å². The molecular weight excluding hydrogens is 484 g/mol. The third-order valence-corrected chi connectivity index (χ3v) is 6.07. The van der Waals surface area contributed by atoms with Gasteiger partial charge in [-0.1, -0.05) is 0 Å². The average Bonchev–Trinajstić information content (AvgIpc) is 3.50. The fourth-order valence-electron chi connectivity index (χ4n) is 4.24. The monoisotopic (exact) mass is 524 g/mol. The molecule has 36 heavy (non-hydrogen) atoms. The van der Waals surface area contributed by atoms with Gasteiger partial charge in [-0.3, -0.25) is 0 Å². The van der Waals surface area contributed by atoms with Crippen LogP contribution in [0.4, 0.5) is 0 Å². The summed E-state index contributed by atoms with van der Waals surface area (Å²) in [5, 5.41) is 18.4. The smallest absolute Gasteiger partial charge is 0.280 e. The van der Waals surface area contributed by atoms with E-state index in [0.29, 0.717) is 12.6 Å². The van der Waals surface area contributed by atoms with Gasteiger partial charge in [0.15, 0.2) is 24.2 Å². The molecule has 5 rings (SSSR count). The van der Waals surface area contributed by atoms with Crippen molar-refractivity contribution in [2.45, 2.75) is 101 Å². The molecule has 0 saturated carbocycles. The van der Waals surface area contributed by atoms with Crippen LogP contribution in [0.5, 0.6) is 0 Å². The van der Waals surface area contributed by atoms with Crippen LogP contribution >= 0.6 is 0 Å². The van der Waals surface area contributed by atoms with Crippen molar-refractivity contribution in [3.63, 3.8) is 0 Å². The van der Waals surface area contributed by atoms with Crippen molar-refractivity contribution in [1.82, 2.24) is 0 Å². The summed E-state index contributed by atoms with van der Waals surface area (Å²) in [7, 11) is 4.56. The summed E-state index contributed by atoms with van der Waals surface area (Å²) in [6.45, 7) is 12.5. The Kier molecular flexibility index (Phi) is 9.27. The van der Waals surface area contributed by atoms with E-state index in [2.05, 4.69) is 16.1 Å². The van der Waals surface area contributed by atoms with Gasteiger partial charge in [0.05, 0.1) is 27.4 Å². The van der Waals surface area contributed by atoms with Crippen molar-refractivity contribution in [2.75, 3.05) is 34.5 Å². The molecule has 5 aliphatic heterocycles. The number of fused-ring (bicyclic) bond motifs is 4. The molecule has 13 nitrogen and oxygen atoms in total. The van der Waals surface area contributed by atoms with Gasteiger partial charge in [-0.15, -0.1) is 0 Å². The van der Waals surface area contributed by atoms with Crippen LogP contribution < -0.4 is 0 Å². The Balaban J connectivity index is 0.000000169. The molecule has 5 saturated heterocycles. The summed E-state index contributed by atoms with van der Waals surface area (Å²) in [6, 6.07) is 0. The first kappa shape index (κ1) is 29.5. The van der Waals surface area contributed by atoms with Crippen molar-refractivity contribution < 1.29 is 62.3 Å². The maximum absolute atomic E-state index is 9.60. The molecule has 0 radical (unpaired) electrons. The van der Waals surface area contributed by atoms with E-state index in [-0.39, 0.29) is 31.2 Å². The highest BCUT2D eigenvalue weighted by atomic mass is 16.9. The van der Waals surface area contributed by atoms with E-state index in [1.807, 2.05) is 13.8 Å². The molecule has 0 aromatic heterocycles. The van der Waals surface area contributed by atoms with Crippen molar-refractivity contribution >= 4 is 0 Å². The normalized spacial score (nSPS) is 43.2. The lowest BCUT2D eigenvalue weighted by Gasteiger charge is -2.39. The molecule has 2 N–H and O–H groups in total. The minimum absolute atomic E-state index is 0.163. The highest BCUT2D eigenvalue weighted by Gasteiger charge is 2.59. The topological polar surface area (TPSA) is 142 Å². The molecule has 3 unspecified atom stereocenters. The van der Waals surface area contributed by atoms with Crippen molar-refractivity contribution in [1.29, 1.82) is 0 Å². The number of hydrogen-bond donors (Lipinski definition) is 2. The summed E-state index contributed by atoms with van der Waals surface area (Å²) in [5.74, 6) is -2.03. The molecule has 210 valence electrons. The molecule has 0 aromatic rings. The second-order valence-electron chi connectivity index (χ2n) is 9.70.